The summed E-state index contributed by atoms with van der Waals surface area (Å²) in [6, 6.07) is 10.6. The van der Waals surface area contributed by atoms with E-state index in [0.717, 1.165) is 75.9 Å². The Morgan fingerprint density at radius 2 is 1.67 bits per heavy atom. The number of nitrogens with one attached hydrogen (secondary N) is 1. The number of piperidine rings is 2. The zero-order chi connectivity index (χ0) is 24.6. The summed E-state index contributed by atoms with van der Waals surface area (Å²) in [5.74, 6) is 1.14. The molecule has 4 heterocycles. The van der Waals surface area contributed by atoms with Crippen molar-refractivity contribution in [3.05, 3.63) is 65.0 Å². The maximum atomic E-state index is 13.2. The van der Waals surface area contributed by atoms with Crippen LogP contribution < -0.4 is 5.32 Å². The van der Waals surface area contributed by atoms with Crippen LogP contribution in [0.25, 0.3) is 5.52 Å². The molecule has 3 aliphatic rings. The van der Waals surface area contributed by atoms with E-state index in [0.29, 0.717) is 17.4 Å². The number of anilines is 1. The van der Waals surface area contributed by atoms with Gasteiger partial charge in [0, 0.05) is 38.1 Å². The van der Waals surface area contributed by atoms with Crippen LogP contribution in [0.3, 0.4) is 0 Å². The number of nitrogens with zero attached hydrogens (tertiary/aromatic N) is 4. The fraction of sp³-hybridized carbons (Fsp3) is 0.483. The highest BCUT2D eigenvalue weighted by Gasteiger charge is 2.27. The van der Waals surface area contributed by atoms with Crippen LogP contribution in [0.2, 0.25) is 0 Å². The second-order valence-corrected chi connectivity index (χ2v) is 10.9. The third kappa shape index (κ3) is 4.47. The highest BCUT2D eigenvalue weighted by atomic mass is 16.2. The lowest BCUT2D eigenvalue weighted by atomic mass is 9.89. The third-order valence-electron chi connectivity index (χ3n) is 8.45. The average Bonchev–Trinajstić information content (AvgIpc) is 3.55. The first-order chi connectivity index (χ1) is 17.5. The third-order valence-corrected chi connectivity index (χ3v) is 8.45. The molecule has 3 amide bonds. The van der Waals surface area contributed by atoms with Gasteiger partial charge in [0.1, 0.15) is 0 Å². The van der Waals surface area contributed by atoms with Gasteiger partial charge in [-0.1, -0.05) is 13.0 Å². The van der Waals surface area contributed by atoms with Crippen molar-refractivity contribution in [2.75, 3.05) is 31.5 Å². The van der Waals surface area contributed by atoms with E-state index < -0.39 is 0 Å². The average molecular weight is 486 g/mol. The van der Waals surface area contributed by atoms with Crippen LogP contribution in [-0.4, -0.2) is 57.5 Å². The van der Waals surface area contributed by atoms with Gasteiger partial charge in [0.25, 0.3) is 5.91 Å². The molecule has 0 radical (unpaired) electrons. The summed E-state index contributed by atoms with van der Waals surface area (Å²) in [4.78, 5) is 30.0. The minimum Gasteiger partial charge on any atom is -0.339 e. The molecule has 0 spiro atoms. The number of likely N-dealkylation sites (tertiary alicyclic amines) is 2. The lowest BCUT2D eigenvalue weighted by molar-refractivity contribution is 0.0699. The minimum atomic E-state index is -0.0126. The summed E-state index contributed by atoms with van der Waals surface area (Å²) in [5, 5.41) is 7.54. The monoisotopic (exact) mass is 485 g/mol. The number of pyridine rings is 1. The number of carbonyl (C=O) groups excluding carboxylic acids is 2. The number of hydrogen-bond acceptors (Lipinski definition) is 3. The summed E-state index contributed by atoms with van der Waals surface area (Å²) < 4.78 is 1.81. The predicted molar refractivity (Wildman–Crippen MR) is 141 cm³/mol. The molecule has 3 aromatic rings. The predicted octanol–water partition coefficient (Wildman–Crippen LogP) is 5.11. The molecular formula is C29H35N5O2. The van der Waals surface area contributed by atoms with Crippen molar-refractivity contribution in [3.63, 3.8) is 0 Å². The summed E-state index contributed by atoms with van der Waals surface area (Å²) in [6.45, 7) is 5.35. The maximum Gasteiger partial charge on any atom is 0.321 e. The molecule has 0 bridgehead atoms. The number of aryl methyl sites for hydroxylation is 2. The van der Waals surface area contributed by atoms with Crippen molar-refractivity contribution in [1.82, 2.24) is 19.4 Å². The zero-order valence-electron chi connectivity index (χ0n) is 21.1. The van der Waals surface area contributed by atoms with Gasteiger partial charge >= 0.3 is 6.03 Å². The standard InChI is InChI=1S/C29H35N5O2/c1-20-7-12-32(13-8-20)28(35)26-19-30-34-16-11-24(18-27(26)34)22-9-14-33(15-10-22)29(36)31-25-6-5-21-3-2-4-23(21)17-25/h5-6,11,16-20,22H,2-4,7-10,12-15H2,1H3,(H,31,36). The smallest absolute Gasteiger partial charge is 0.321 e. The van der Waals surface area contributed by atoms with Crippen molar-refractivity contribution in [1.29, 1.82) is 0 Å². The SMILES string of the molecule is CC1CCN(C(=O)c2cnn3ccc(C4CCN(C(=O)Nc5ccc6c(c5)CCC6)CC4)cc23)CC1. The molecule has 2 aromatic heterocycles. The second kappa shape index (κ2) is 9.60. The minimum absolute atomic E-state index is 0.0126. The van der Waals surface area contributed by atoms with Gasteiger partial charge in [-0.25, -0.2) is 9.31 Å². The Kier molecular flexibility index (Phi) is 6.15. The highest BCUT2D eigenvalue weighted by Crippen LogP contribution is 2.31. The van der Waals surface area contributed by atoms with Crippen LogP contribution in [0.4, 0.5) is 10.5 Å². The van der Waals surface area contributed by atoms with E-state index in [9.17, 15) is 9.59 Å². The van der Waals surface area contributed by atoms with Crippen molar-refractivity contribution in [2.45, 2.75) is 57.8 Å². The second-order valence-electron chi connectivity index (χ2n) is 10.9. The van der Waals surface area contributed by atoms with E-state index in [1.54, 1.807) is 6.20 Å². The molecule has 0 unspecified atom stereocenters. The van der Waals surface area contributed by atoms with Crippen molar-refractivity contribution < 1.29 is 9.59 Å². The summed E-state index contributed by atoms with van der Waals surface area (Å²) >= 11 is 0. The van der Waals surface area contributed by atoms with Gasteiger partial charge < -0.3 is 15.1 Å². The molecule has 7 nitrogen and oxygen atoms in total. The largest absolute Gasteiger partial charge is 0.339 e. The quantitative estimate of drug-likeness (QED) is 0.561. The lowest BCUT2D eigenvalue weighted by Gasteiger charge is -2.32. The Morgan fingerprint density at radius 1 is 0.917 bits per heavy atom. The number of rotatable bonds is 3. The summed E-state index contributed by atoms with van der Waals surface area (Å²) in [5.41, 5.74) is 6.48. The number of fused-ring (bicyclic) bond motifs is 2. The molecule has 36 heavy (non-hydrogen) atoms. The highest BCUT2D eigenvalue weighted by molar-refractivity contribution is 6.00. The van der Waals surface area contributed by atoms with E-state index in [2.05, 4.69) is 41.6 Å². The molecule has 188 valence electrons. The van der Waals surface area contributed by atoms with E-state index in [-0.39, 0.29) is 11.9 Å². The number of amides is 3. The van der Waals surface area contributed by atoms with Crippen LogP contribution in [0.5, 0.6) is 0 Å². The number of urea groups is 1. The van der Waals surface area contributed by atoms with Crippen molar-refractivity contribution in [3.8, 4) is 0 Å². The van der Waals surface area contributed by atoms with Crippen LogP contribution in [0.1, 0.15) is 72.0 Å². The molecule has 0 atom stereocenters. The van der Waals surface area contributed by atoms with Gasteiger partial charge in [0.2, 0.25) is 0 Å². The Hall–Kier alpha value is -3.35. The molecule has 1 aliphatic carbocycles. The Bertz CT molecular complexity index is 1280. The number of benzene rings is 1. The van der Waals surface area contributed by atoms with Crippen molar-refractivity contribution in [2.24, 2.45) is 5.92 Å². The van der Waals surface area contributed by atoms with Gasteiger partial charge in [0.15, 0.2) is 0 Å². The van der Waals surface area contributed by atoms with Gasteiger partial charge in [-0.05, 0) is 97.7 Å². The summed E-state index contributed by atoms with van der Waals surface area (Å²) in [6.07, 6.45) is 11.1. The molecule has 6 rings (SSSR count). The zero-order valence-corrected chi connectivity index (χ0v) is 21.1. The van der Waals surface area contributed by atoms with E-state index in [1.807, 2.05) is 26.6 Å². The molecule has 2 fully saturated rings. The Labute approximate surface area is 212 Å². The molecule has 0 saturated carbocycles. The number of aromatic nitrogens is 2. The summed E-state index contributed by atoms with van der Waals surface area (Å²) in [7, 11) is 0. The van der Waals surface area contributed by atoms with Crippen molar-refractivity contribution >= 4 is 23.1 Å². The van der Waals surface area contributed by atoms with Gasteiger partial charge in [-0.2, -0.15) is 5.10 Å². The Morgan fingerprint density at radius 3 is 2.47 bits per heavy atom. The Balaban J connectivity index is 1.10. The molecule has 7 heteroatoms. The first-order valence-corrected chi connectivity index (χ1v) is 13.5. The van der Waals surface area contributed by atoms with Crippen LogP contribution >= 0.6 is 0 Å². The molecule has 2 aliphatic heterocycles. The first-order valence-electron chi connectivity index (χ1n) is 13.5. The van der Waals surface area contributed by atoms with Gasteiger partial charge in [-0.15, -0.1) is 0 Å². The normalized spacial score (nSPS) is 19.0. The fourth-order valence-corrected chi connectivity index (χ4v) is 6.07. The number of carbonyl (C=O) groups is 2. The molecule has 1 aromatic carbocycles. The van der Waals surface area contributed by atoms with E-state index in [1.165, 1.54) is 23.1 Å². The maximum absolute atomic E-state index is 13.2. The molecular weight excluding hydrogens is 450 g/mol. The first kappa shape index (κ1) is 23.1. The van der Waals surface area contributed by atoms with Crippen LogP contribution in [0.15, 0.2) is 42.7 Å². The van der Waals surface area contributed by atoms with E-state index >= 15 is 0 Å². The van der Waals surface area contributed by atoms with Gasteiger partial charge in [-0.3, -0.25) is 4.79 Å². The molecule has 1 N–H and O–H groups in total. The van der Waals surface area contributed by atoms with Crippen LogP contribution in [-0.2, 0) is 12.8 Å². The topological polar surface area (TPSA) is 70.0 Å². The fourth-order valence-electron chi connectivity index (χ4n) is 6.07. The van der Waals surface area contributed by atoms with Crippen LogP contribution in [0, 0.1) is 5.92 Å². The van der Waals surface area contributed by atoms with E-state index in [4.69, 9.17) is 0 Å². The van der Waals surface area contributed by atoms with Gasteiger partial charge in [0.05, 0.1) is 17.3 Å². The number of hydrogen-bond donors (Lipinski definition) is 1. The molecule has 2 saturated heterocycles. The lowest BCUT2D eigenvalue weighted by Crippen LogP contribution is -2.40.